The van der Waals surface area contributed by atoms with Crippen molar-refractivity contribution in [2.45, 2.75) is 122 Å². The molecular formula is C22H39NO3. The van der Waals surface area contributed by atoms with Gasteiger partial charge in [0.25, 0.3) is 0 Å². The maximum atomic E-state index is 12.9. The zero-order chi connectivity index (χ0) is 19.0. The van der Waals surface area contributed by atoms with Crippen molar-refractivity contribution < 1.29 is 14.3 Å². The highest BCUT2D eigenvalue weighted by molar-refractivity contribution is 5.74. The Kier molecular flexibility index (Phi) is 8.43. The van der Waals surface area contributed by atoms with Crippen LogP contribution in [-0.4, -0.2) is 35.0 Å². The molecule has 0 aromatic carbocycles. The van der Waals surface area contributed by atoms with Crippen molar-refractivity contribution in [1.29, 1.82) is 0 Å². The van der Waals surface area contributed by atoms with Gasteiger partial charge >= 0.3 is 6.09 Å². The van der Waals surface area contributed by atoms with Crippen LogP contribution in [0.3, 0.4) is 0 Å². The first-order valence-electron chi connectivity index (χ1n) is 10.9. The first-order chi connectivity index (χ1) is 12.4. The summed E-state index contributed by atoms with van der Waals surface area (Å²) in [6.07, 6.45) is 16.2. The number of ether oxygens (including phenoxy) is 1. The Labute approximate surface area is 160 Å². The summed E-state index contributed by atoms with van der Waals surface area (Å²) in [5.74, 6) is 0.293. The first kappa shape index (κ1) is 21.2. The van der Waals surface area contributed by atoms with Crippen LogP contribution in [0, 0.1) is 5.92 Å². The Morgan fingerprint density at radius 1 is 0.846 bits per heavy atom. The molecule has 1 saturated carbocycles. The van der Waals surface area contributed by atoms with Crippen LogP contribution >= 0.6 is 0 Å². The molecule has 1 amide bonds. The van der Waals surface area contributed by atoms with E-state index in [9.17, 15) is 9.59 Å². The molecule has 1 aliphatic carbocycles. The predicted molar refractivity (Wildman–Crippen MR) is 105 cm³/mol. The number of hydrogen-bond acceptors (Lipinski definition) is 3. The monoisotopic (exact) mass is 365 g/mol. The summed E-state index contributed by atoms with van der Waals surface area (Å²) in [5.41, 5.74) is -0.527. The molecule has 3 rings (SSSR count). The Balaban J connectivity index is 2.14. The Bertz CT molecular complexity index is 439. The minimum atomic E-state index is -0.527. The van der Waals surface area contributed by atoms with Gasteiger partial charge in [-0.15, -0.1) is 0 Å². The third-order valence-corrected chi connectivity index (χ3v) is 5.92. The van der Waals surface area contributed by atoms with E-state index in [0.717, 1.165) is 38.4 Å². The van der Waals surface area contributed by atoms with Crippen LogP contribution in [0.1, 0.15) is 104 Å². The average Bonchev–Trinajstić information content (AvgIpc) is 2.58. The maximum Gasteiger partial charge on any atom is 0.411 e. The highest BCUT2D eigenvalue weighted by Crippen LogP contribution is 2.34. The smallest absolute Gasteiger partial charge is 0.411 e. The van der Waals surface area contributed by atoms with E-state index in [-0.39, 0.29) is 18.2 Å². The van der Waals surface area contributed by atoms with Crippen LogP contribution in [0.25, 0.3) is 0 Å². The number of hydrogen-bond donors (Lipinski definition) is 0. The Morgan fingerprint density at radius 3 is 1.92 bits per heavy atom. The van der Waals surface area contributed by atoms with Gasteiger partial charge in [-0.3, -0.25) is 4.90 Å². The minimum Gasteiger partial charge on any atom is -0.444 e. The van der Waals surface area contributed by atoms with Gasteiger partial charge in [0.15, 0.2) is 0 Å². The van der Waals surface area contributed by atoms with Gasteiger partial charge < -0.3 is 9.53 Å². The number of nitrogens with zero attached hydrogens (tertiary/aromatic N) is 1. The topological polar surface area (TPSA) is 46.6 Å². The molecule has 2 bridgehead atoms. The van der Waals surface area contributed by atoms with Crippen LogP contribution in [0.5, 0.6) is 0 Å². The van der Waals surface area contributed by atoms with Crippen molar-refractivity contribution in [1.82, 2.24) is 4.90 Å². The summed E-state index contributed by atoms with van der Waals surface area (Å²) >= 11 is 0. The fourth-order valence-electron chi connectivity index (χ4n) is 4.57. The largest absolute Gasteiger partial charge is 0.444 e. The molecule has 3 fully saturated rings. The van der Waals surface area contributed by atoms with E-state index in [1.54, 1.807) is 0 Å². The molecule has 3 atom stereocenters. The van der Waals surface area contributed by atoms with Crippen molar-refractivity contribution in [3.05, 3.63) is 0 Å². The Hall–Kier alpha value is -1.06. The van der Waals surface area contributed by atoms with E-state index < -0.39 is 5.60 Å². The second-order valence-corrected chi connectivity index (χ2v) is 9.26. The number of amides is 1. The van der Waals surface area contributed by atoms with E-state index in [1.807, 2.05) is 25.7 Å². The molecular weight excluding hydrogens is 326 g/mol. The second-order valence-electron chi connectivity index (χ2n) is 9.26. The summed E-state index contributed by atoms with van der Waals surface area (Å²) in [4.78, 5) is 26.7. The molecule has 2 heterocycles. The zero-order valence-corrected chi connectivity index (χ0v) is 17.2. The average molecular weight is 366 g/mol. The summed E-state index contributed by atoms with van der Waals surface area (Å²) in [7, 11) is 0. The molecule has 0 unspecified atom stereocenters. The molecule has 0 aromatic rings. The van der Waals surface area contributed by atoms with Gasteiger partial charge in [0, 0.05) is 6.04 Å². The van der Waals surface area contributed by atoms with Crippen molar-refractivity contribution in [2.75, 3.05) is 0 Å². The van der Waals surface area contributed by atoms with Crippen LogP contribution < -0.4 is 0 Å². The molecule has 0 radical (unpaired) electrons. The molecule has 2 saturated heterocycles. The molecule has 4 heteroatoms. The molecule has 2 aliphatic heterocycles. The molecule has 0 N–H and O–H groups in total. The summed E-state index contributed by atoms with van der Waals surface area (Å²) in [5, 5.41) is 0. The van der Waals surface area contributed by atoms with Crippen molar-refractivity contribution in [3.63, 3.8) is 0 Å². The van der Waals surface area contributed by atoms with Gasteiger partial charge in [-0.25, -0.2) is 4.79 Å². The summed E-state index contributed by atoms with van der Waals surface area (Å²) < 4.78 is 5.68. The summed E-state index contributed by atoms with van der Waals surface area (Å²) in [6, 6.07) is -0.157. The minimum absolute atomic E-state index is 0.154. The van der Waals surface area contributed by atoms with Crippen molar-refractivity contribution in [3.8, 4) is 0 Å². The summed E-state index contributed by atoms with van der Waals surface area (Å²) in [6.45, 7) is 5.69. The lowest BCUT2D eigenvalue weighted by Gasteiger charge is -2.44. The fraction of sp³-hybridized carbons (Fsp3) is 0.909. The highest BCUT2D eigenvalue weighted by Gasteiger charge is 2.41. The standard InChI is InChI=1S/C22H39NO3/c1-22(2,3)26-21(25)23-19-14-12-10-8-6-4-5-7-9-11-13-18(15-16-19)20(23)17-24/h17-20H,4-16H2,1-3H3/t18-,19+,20+/m0/s1. The highest BCUT2D eigenvalue weighted by atomic mass is 16.6. The van der Waals surface area contributed by atoms with Crippen LogP contribution in [0.15, 0.2) is 0 Å². The molecule has 3 aliphatic rings. The van der Waals surface area contributed by atoms with Crippen molar-refractivity contribution >= 4 is 12.4 Å². The predicted octanol–water partition coefficient (Wildman–Crippen LogP) is 5.87. The van der Waals surface area contributed by atoms with E-state index in [2.05, 4.69) is 0 Å². The van der Waals surface area contributed by atoms with Gasteiger partial charge in [-0.2, -0.15) is 0 Å². The van der Waals surface area contributed by atoms with Gasteiger partial charge in [-0.1, -0.05) is 57.8 Å². The number of carbonyl (C=O) groups is 2. The van der Waals surface area contributed by atoms with Gasteiger partial charge in [0.1, 0.15) is 11.9 Å². The van der Waals surface area contributed by atoms with Crippen molar-refractivity contribution in [2.24, 2.45) is 5.92 Å². The zero-order valence-electron chi connectivity index (χ0n) is 17.2. The first-order valence-corrected chi connectivity index (χ1v) is 10.9. The van der Waals surface area contributed by atoms with E-state index in [4.69, 9.17) is 4.74 Å². The van der Waals surface area contributed by atoms with Gasteiger partial charge in [0.2, 0.25) is 0 Å². The van der Waals surface area contributed by atoms with Crippen LogP contribution in [-0.2, 0) is 9.53 Å². The molecule has 4 nitrogen and oxygen atoms in total. The third-order valence-electron chi connectivity index (χ3n) is 5.92. The number of piperidine rings is 1. The lowest BCUT2D eigenvalue weighted by Crippen LogP contribution is -2.55. The van der Waals surface area contributed by atoms with E-state index in [1.165, 1.54) is 51.4 Å². The third kappa shape index (κ3) is 6.59. The van der Waals surface area contributed by atoms with E-state index in [0.29, 0.717) is 5.92 Å². The van der Waals surface area contributed by atoms with Gasteiger partial charge in [-0.05, 0) is 52.4 Å². The number of rotatable bonds is 1. The number of aldehydes is 1. The normalized spacial score (nSPS) is 29.5. The van der Waals surface area contributed by atoms with E-state index >= 15 is 0 Å². The molecule has 150 valence electrons. The molecule has 0 aromatic heterocycles. The number of fused-ring (bicyclic) bond motifs is 12. The SMILES string of the molecule is CC(C)(C)OC(=O)N1[C@@H]2CCCCCCCCCCC[C@@H](CC2)[C@H]1C=O. The Morgan fingerprint density at radius 2 is 1.38 bits per heavy atom. The molecule has 0 spiro atoms. The van der Waals surface area contributed by atoms with Crippen LogP contribution in [0.4, 0.5) is 4.79 Å². The second kappa shape index (κ2) is 10.3. The lowest BCUT2D eigenvalue weighted by atomic mass is 9.81. The number of carbonyl (C=O) groups excluding carboxylic acids is 2. The van der Waals surface area contributed by atoms with Crippen LogP contribution in [0.2, 0.25) is 0 Å². The lowest BCUT2D eigenvalue weighted by molar-refractivity contribution is -0.117. The quantitative estimate of drug-likeness (QED) is 0.546. The maximum absolute atomic E-state index is 12.9. The van der Waals surface area contributed by atoms with Gasteiger partial charge in [0.05, 0.1) is 6.04 Å². The fourth-order valence-corrected chi connectivity index (χ4v) is 4.57. The molecule has 26 heavy (non-hydrogen) atoms.